The lowest BCUT2D eigenvalue weighted by molar-refractivity contribution is -0.135. The van der Waals surface area contributed by atoms with Gasteiger partial charge in [-0.1, -0.05) is 41.4 Å². The van der Waals surface area contributed by atoms with E-state index in [4.69, 9.17) is 23.2 Å². The Morgan fingerprint density at radius 1 is 1.38 bits per heavy atom. The molecule has 1 heterocycles. The molecule has 7 heteroatoms. The summed E-state index contributed by atoms with van der Waals surface area (Å²) in [6.07, 6.45) is 0.630. The SMILES string of the molecule is O=C(NCc1cccc(Cl)c1Cl)[C@]1(F)CC[C@H](O)c2ncccc21. The zero-order chi connectivity index (χ0) is 17.3. The number of carbonyl (C=O) groups excluding carboxylic acids is 1. The Morgan fingerprint density at radius 2 is 2.17 bits per heavy atom. The number of carbonyl (C=O) groups is 1. The second-order valence-electron chi connectivity index (χ2n) is 5.69. The van der Waals surface area contributed by atoms with Crippen molar-refractivity contribution in [1.82, 2.24) is 10.3 Å². The zero-order valence-corrected chi connectivity index (χ0v) is 14.1. The molecule has 2 atom stereocenters. The molecular weight excluding hydrogens is 354 g/mol. The molecule has 2 aromatic rings. The van der Waals surface area contributed by atoms with Crippen LogP contribution in [0.25, 0.3) is 0 Å². The number of nitrogens with one attached hydrogen (secondary N) is 1. The van der Waals surface area contributed by atoms with Gasteiger partial charge in [0.25, 0.3) is 5.91 Å². The van der Waals surface area contributed by atoms with E-state index < -0.39 is 17.7 Å². The number of amides is 1. The maximum atomic E-state index is 15.4. The second-order valence-corrected chi connectivity index (χ2v) is 6.47. The molecule has 126 valence electrons. The molecule has 0 unspecified atom stereocenters. The molecule has 0 saturated heterocycles. The average molecular weight is 369 g/mol. The lowest BCUT2D eigenvalue weighted by atomic mass is 9.81. The van der Waals surface area contributed by atoms with Crippen molar-refractivity contribution in [2.24, 2.45) is 0 Å². The quantitative estimate of drug-likeness (QED) is 0.868. The van der Waals surface area contributed by atoms with Crippen LogP contribution in [0.5, 0.6) is 0 Å². The van der Waals surface area contributed by atoms with Gasteiger partial charge in [-0.05, 0) is 30.5 Å². The third-order valence-corrected chi connectivity index (χ3v) is 5.03. The highest BCUT2D eigenvalue weighted by Gasteiger charge is 2.46. The smallest absolute Gasteiger partial charge is 0.262 e. The largest absolute Gasteiger partial charge is 0.387 e. The average Bonchev–Trinajstić information content (AvgIpc) is 2.59. The molecule has 4 nitrogen and oxygen atoms in total. The summed E-state index contributed by atoms with van der Waals surface area (Å²) in [5.74, 6) is -0.778. The Labute approximate surface area is 148 Å². The van der Waals surface area contributed by atoms with E-state index >= 15 is 4.39 Å². The number of hydrogen-bond acceptors (Lipinski definition) is 3. The van der Waals surface area contributed by atoms with Crippen molar-refractivity contribution in [2.45, 2.75) is 31.2 Å². The number of pyridine rings is 1. The Bertz CT molecular complexity index is 787. The molecule has 0 spiro atoms. The van der Waals surface area contributed by atoms with Gasteiger partial charge in [-0.25, -0.2) is 4.39 Å². The van der Waals surface area contributed by atoms with Crippen LogP contribution in [0.1, 0.15) is 35.8 Å². The first-order valence-corrected chi connectivity index (χ1v) is 8.22. The third kappa shape index (κ3) is 2.99. The molecule has 0 fully saturated rings. The molecule has 3 rings (SSSR count). The number of aliphatic hydroxyl groups excluding tert-OH is 1. The van der Waals surface area contributed by atoms with Crippen LogP contribution < -0.4 is 5.32 Å². The molecular formula is C17H15Cl2FN2O2. The van der Waals surface area contributed by atoms with Crippen molar-refractivity contribution in [1.29, 1.82) is 0 Å². The van der Waals surface area contributed by atoms with E-state index in [-0.39, 0.29) is 30.6 Å². The summed E-state index contributed by atoms with van der Waals surface area (Å²) >= 11 is 12.0. The van der Waals surface area contributed by atoms with Crippen molar-refractivity contribution >= 4 is 29.1 Å². The second kappa shape index (κ2) is 6.67. The minimum atomic E-state index is -2.23. The van der Waals surface area contributed by atoms with Gasteiger partial charge in [0.15, 0.2) is 0 Å². The monoisotopic (exact) mass is 368 g/mol. The fourth-order valence-corrected chi connectivity index (χ4v) is 3.25. The minimum absolute atomic E-state index is 0.0576. The first kappa shape index (κ1) is 17.1. The number of aromatic nitrogens is 1. The first-order chi connectivity index (χ1) is 11.4. The molecule has 2 N–H and O–H groups in total. The number of hydrogen-bond donors (Lipinski definition) is 2. The molecule has 1 aromatic carbocycles. The highest BCUT2D eigenvalue weighted by Crippen LogP contribution is 2.42. The molecule has 1 aliphatic rings. The van der Waals surface area contributed by atoms with E-state index in [1.165, 1.54) is 12.3 Å². The van der Waals surface area contributed by atoms with Crippen molar-refractivity contribution in [2.75, 3.05) is 0 Å². The van der Waals surface area contributed by atoms with Crippen LogP contribution in [0.15, 0.2) is 36.5 Å². The summed E-state index contributed by atoms with van der Waals surface area (Å²) in [4.78, 5) is 16.5. The molecule has 0 aliphatic heterocycles. The number of fused-ring (bicyclic) bond motifs is 1. The van der Waals surface area contributed by atoms with E-state index in [1.54, 1.807) is 24.3 Å². The van der Waals surface area contributed by atoms with Crippen molar-refractivity contribution in [3.8, 4) is 0 Å². The summed E-state index contributed by atoms with van der Waals surface area (Å²) in [6.45, 7) is 0.0576. The maximum absolute atomic E-state index is 15.4. The number of rotatable bonds is 3. The first-order valence-electron chi connectivity index (χ1n) is 7.47. The van der Waals surface area contributed by atoms with E-state index in [9.17, 15) is 9.90 Å². The van der Waals surface area contributed by atoms with Gasteiger partial charge >= 0.3 is 0 Å². The van der Waals surface area contributed by atoms with E-state index in [2.05, 4.69) is 10.3 Å². The molecule has 24 heavy (non-hydrogen) atoms. The number of benzene rings is 1. The van der Waals surface area contributed by atoms with Crippen LogP contribution in [0.3, 0.4) is 0 Å². The normalized spacial score (nSPS) is 22.8. The molecule has 1 amide bonds. The highest BCUT2D eigenvalue weighted by atomic mass is 35.5. The van der Waals surface area contributed by atoms with Crippen LogP contribution >= 0.6 is 23.2 Å². The van der Waals surface area contributed by atoms with Crippen molar-refractivity contribution in [3.05, 3.63) is 63.4 Å². The summed E-state index contributed by atoms with van der Waals surface area (Å²) < 4.78 is 15.4. The van der Waals surface area contributed by atoms with Gasteiger partial charge in [0.1, 0.15) is 0 Å². The van der Waals surface area contributed by atoms with E-state index in [0.717, 1.165) is 0 Å². The van der Waals surface area contributed by atoms with Gasteiger partial charge in [-0.3, -0.25) is 9.78 Å². The van der Waals surface area contributed by atoms with Gasteiger partial charge in [-0.2, -0.15) is 0 Å². The predicted molar refractivity (Wildman–Crippen MR) is 89.5 cm³/mol. The third-order valence-electron chi connectivity index (χ3n) is 4.17. The van der Waals surface area contributed by atoms with Gasteiger partial charge in [0.2, 0.25) is 5.67 Å². The topological polar surface area (TPSA) is 62.2 Å². The van der Waals surface area contributed by atoms with Crippen LogP contribution in [-0.2, 0) is 17.0 Å². The summed E-state index contributed by atoms with van der Waals surface area (Å²) in [5, 5.41) is 13.2. The Balaban J connectivity index is 1.82. The minimum Gasteiger partial charge on any atom is -0.387 e. The maximum Gasteiger partial charge on any atom is 0.262 e. The predicted octanol–water partition coefficient (Wildman–Crippen LogP) is 3.70. The number of nitrogens with zero attached hydrogens (tertiary/aromatic N) is 1. The summed E-state index contributed by atoms with van der Waals surface area (Å²) in [7, 11) is 0. The molecule has 0 saturated carbocycles. The van der Waals surface area contributed by atoms with Gasteiger partial charge in [-0.15, -0.1) is 0 Å². The standard InChI is InChI=1S/C17H15Cl2FN2O2/c18-12-5-1-3-10(14(12)19)9-22-16(24)17(20)7-6-13(23)15-11(17)4-2-8-21-15/h1-5,8,13,23H,6-7,9H2,(H,22,24)/t13-,17-/m0/s1. The van der Waals surface area contributed by atoms with Gasteiger partial charge in [0, 0.05) is 18.3 Å². The Morgan fingerprint density at radius 3 is 2.96 bits per heavy atom. The van der Waals surface area contributed by atoms with Crippen LogP contribution in [0.4, 0.5) is 4.39 Å². The zero-order valence-electron chi connectivity index (χ0n) is 12.6. The van der Waals surface area contributed by atoms with Crippen LogP contribution in [-0.4, -0.2) is 16.0 Å². The fraction of sp³-hybridized carbons (Fsp3) is 0.294. The van der Waals surface area contributed by atoms with Crippen LogP contribution in [0.2, 0.25) is 10.0 Å². The van der Waals surface area contributed by atoms with E-state index in [1.807, 2.05) is 0 Å². The van der Waals surface area contributed by atoms with Gasteiger partial charge in [0.05, 0.1) is 21.8 Å². The molecule has 0 radical (unpaired) electrons. The van der Waals surface area contributed by atoms with Crippen molar-refractivity contribution < 1.29 is 14.3 Å². The summed E-state index contributed by atoms with van der Waals surface area (Å²) in [5.41, 5.74) is -1.31. The lowest BCUT2D eigenvalue weighted by Gasteiger charge is -2.32. The fourth-order valence-electron chi connectivity index (χ4n) is 2.86. The number of halogens is 3. The lowest BCUT2D eigenvalue weighted by Crippen LogP contribution is -2.44. The Kier molecular flexibility index (Phi) is 4.76. The van der Waals surface area contributed by atoms with Crippen LogP contribution in [0, 0.1) is 0 Å². The number of aliphatic hydroxyl groups is 1. The highest BCUT2D eigenvalue weighted by molar-refractivity contribution is 6.42. The summed E-state index contributed by atoms with van der Waals surface area (Å²) in [6, 6.07) is 8.08. The van der Waals surface area contributed by atoms with E-state index in [0.29, 0.717) is 15.6 Å². The molecule has 1 aromatic heterocycles. The number of alkyl halides is 1. The molecule has 1 aliphatic carbocycles. The van der Waals surface area contributed by atoms with Gasteiger partial charge < -0.3 is 10.4 Å². The van der Waals surface area contributed by atoms with Crippen molar-refractivity contribution in [3.63, 3.8) is 0 Å². The Hall–Kier alpha value is -1.69. The molecule has 0 bridgehead atoms.